The van der Waals surface area contributed by atoms with E-state index in [1.807, 2.05) is 0 Å². The van der Waals surface area contributed by atoms with E-state index >= 15 is 0 Å². The van der Waals surface area contributed by atoms with Crippen LogP contribution in [-0.4, -0.2) is 30.3 Å². The smallest absolute Gasteiger partial charge is 0.250 e. The van der Waals surface area contributed by atoms with Gasteiger partial charge in [-0.3, -0.25) is 4.79 Å². The van der Waals surface area contributed by atoms with Crippen LogP contribution < -0.4 is 14.8 Å². The molecular formula is C19H18FN3O4. The third-order valence-electron chi connectivity index (χ3n) is 3.82. The zero-order valence-corrected chi connectivity index (χ0v) is 14.9. The van der Waals surface area contributed by atoms with E-state index in [0.29, 0.717) is 17.2 Å². The second kappa shape index (κ2) is 8.31. The summed E-state index contributed by atoms with van der Waals surface area (Å²) in [6, 6.07) is 11.2. The van der Waals surface area contributed by atoms with Gasteiger partial charge < -0.3 is 19.2 Å². The normalized spacial score (nSPS) is 10.5. The van der Waals surface area contributed by atoms with E-state index in [-0.39, 0.29) is 36.1 Å². The van der Waals surface area contributed by atoms with E-state index in [1.165, 1.54) is 13.2 Å². The summed E-state index contributed by atoms with van der Waals surface area (Å²) < 4.78 is 29.6. The van der Waals surface area contributed by atoms with Gasteiger partial charge in [0, 0.05) is 18.9 Å². The summed E-state index contributed by atoms with van der Waals surface area (Å²) in [4.78, 5) is 12.2. The fourth-order valence-corrected chi connectivity index (χ4v) is 2.43. The second-order valence-electron chi connectivity index (χ2n) is 5.60. The summed E-state index contributed by atoms with van der Waals surface area (Å²) in [5.74, 6) is 0.755. The maximum Gasteiger partial charge on any atom is 0.250 e. The Morgan fingerprint density at radius 3 is 2.70 bits per heavy atom. The molecule has 0 saturated carbocycles. The van der Waals surface area contributed by atoms with Gasteiger partial charge in [0.25, 0.3) is 5.89 Å². The van der Waals surface area contributed by atoms with Crippen molar-refractivity contribution in [3.8, 4) is 23.0 Å². The molecular weight excluding hydrogens is 353 g/mol. The average Bonchev–Trinajstić information content (AvgIpc) is 3.16. The first-order chi connectivity index (χ1) is 13.1. The SMILES string of the molecule is COc1ccc(NC(=O)CCc2nnc(-c3ccccc3F)o2)c(OC)c1. The van der Waals surface area contributed by atoms with Crippen molar-refractivity contribution in [3.63, 3.8) is 0 Å². The van der Waals surface area contributed by atoms with E-state index in [1.54, 1.807) is 43.5 Å². The lowest BCUT2D eigenvalue weighted by Crippen LogP contribution is -2.13. The number of carbonyl (C=O) groups is 1. The first-order valence-corrected chi connectivity index (χ1v) is 8.20. The number of aryl methyl sites for hydroxylation is 1. The molecule has 140 valence electrons. The van der Waals surface area contributed by atoms with E-state index in [2.05, 4.69) is 15.5 Å². The molecule has 27 heavy (non-hydrogen) atoms. The lowest BCUT2D eigenvalue weighted by Gasteiger charge is -2.11. The first-order valence-electron chi connectivity index (χ1n) is 8.20. The maximum atomic E-state index is 13.8. The fourth-order valence-electron chi connectivity index (χ4n) is 2.43. The molecule has 0 unspecified atom stereocenters. The molecule has 0 aliphatic rings. The minimum atomic E-state index is -0.447. The maximum absolute atomic E-state index is 13.8. The number of anilines is 1. The van der Waals surface area contributed by atoms with Crippen molar-refractivity contribution in [2.75, 3.05) is 19.5 Å². The molecule has 8 heteroatoms. The van der Waals surface area contributed by atoms with Gasteiger partial charge in [0.1, 0.15) is 17.3 Å². The topological polar surface area (TPSA) is 86.5 Å². The summed E-state index contributed by atoms with van der Waals surface area (Å²) in [6.07, 6.45) is 0.347. The van der Waals surface area contributed by atoms with Gasteiger partial charge in [-0.05, 0) is 24.3 Å². The summed E-state index contributed by atoms with van der Waals surface area (Å²) in [6.45, 7) is 0. The van der Waals surface area contributed by atoms with Crippen LogP contribution in [0.3, 0.4) is 0 Å². The predicted molar refractivity (Wildman–Crippen MR) is 96.2 cm³/mol. The molecule has 0 radical (unpaired) electrons. The highest BCUT2D eigenvalue weighted by Crippen LogP contribution is 2.29. The third-order valence-corrected chi connectivity index (χ3v) is 3.82. The van der Waals surface area contributed by atoms with Crippen LogP contribution in [0.15, 0.2) is 46.9 Å². The number of benzene rings is 2. The van der Waals surface area contributed by atoms with Gasteiger partial charge in [-0.2, -0.15) is 0 Å². The van der Waals surface area contributed by atoms with Crippen molar-refractivity contribution in [2.45, 2.75) is 12.8 Å². The van der Waals surface area contributed by atoms with E-state index in [0.717, 1.165) is 0 Å². The molecule has 1 heterocycles. The molecule has 2 aromatic carbocycles. The molecule has 0 saturated heterocycles. The molecule has 1 amide bonds. The Morgan fingerprint density at radius 1 is 1.15 bits per heavy atom. The van der Waals surface area contributed by atoms with Crippen LogP contribution >= 0.6 is 0 Å². The molecule has 0 atom stereocenters. The van der Waals surface area contributed by atoms with Crippen LogP contribution in [0.5, 0.6) is 11.5 Å². The van der Waals surface area contributed by atoms with Gasteiger partial charge in [-0.15, -0.1) is 10.2 Å². The van der Waals surface area contributed by atoms with Gasteiger partial charge in [0.05, 0.1) is 25.5 Å². The summed E-state index contributed by atoms with van der Waals surface area (Å²) in [7, 11) is 3.06. The van der Waals surface area contributed by atoms with E-state index in [4.69, 9.17) is 13.9 Å². The van der Waals surface area contributed by atoms with Gasteiger partial charge in [-0.1, -0.05) is 12.1 Å². The number of methoxy groups -OCH3 is 2. The largest absolute Gasteiger partial charge is 0.497 e. The van der Waals surface area contributed by atoms with E-state index < -0.39 is 5.82 Å². The molecule has 1 aromatic heterocycles. The number of amides is 1. The number of aromatic nitrogens is 2. The number of nitrogens with one attached hydrogen (secondary N) is 1. The Labute approximate surface area is 155 Å². The molecule has 0 fully saturated rings. The van der Waals surface area contributed by atoms with Crippen molar-refractivity contribution in [1.82, 2.24) is 10.2 Å². The summed E-state index contributed by atoms with van der Waals surface area (Å²) >= 11 is 0. The van der Waals surface area contributed by atoms with E-state index in [9.17, 15) is 9.18 Å². The highest BCUT2D eigenvalue weighted by molar-refractivity contribution is 5.92. The van der Waals surface area contributed by atoms with Gasteiger partial charge >= 0.3 is 0 Å². The zero-order chi connectivity index (χ0) is 19.2. The standard InChI is InChI=1S/C19H18FN3O4/c1-25-12-7-8-15(16(11-12)26-2)21-17(24)9-10-18-22-23-19(27-18)13-5-3-4-6-14(13)20/h3-8,11H,9-10H2,1-2H3,(H,21,24). The van der Waals surface area contributed by atoms with Crippen LogP contribution in [0.4, 0.5) is 10.1 Å². The Balaban J connectivity index is 1.61. The fraction of sp³-hybridized carbons (Fsp3) is 0.211. The third kappa shape index (κ3) is 4.41. The van der Waals surface area contributed by atoms with Crippen molar-refractivity contribution < 1.29 is 23.1 Å². The molecule has 3 aromatic rings. The number of carbonyl (C=O) groups excluding carboxylic acids is 1. The molecule has 0 aliphatic carbocycles. The Hall–Kier alpha value is -3.42. The van der Waals surface area contributed by atoms with Crippen molar-refractivity contribution in [1.29, 1.82) is 0 Å². The predicted octanol–water partition coefficient (Wildman–Crippen LogP) is 3.46. The molecule has 1 N–H and O–H groups in total. The van der Waals surface area contributed by atoms with Crippen LogP contribution in [0.25, 0.3) is 11.5 Å². The summed E-state index contributed by atoms with van der Waals surface area (Å²) in [5.41, 5.74) is 0.754. The van der Waals surface area contributed by atoms with Crippen LogP contribution in [0.2, 0.25) is 0 Å². The summed E-state index contributed by atoms with van der Waals surface area (Å²) in [5, 5.41) is 10.5. The highest BCUT2D eigenvalue weighted by atomic mass is 19.1. The van der Waals surface area contributed by atoms with Crippen molar-refractivity contribution in [2.24, 2.45) is 0 Å². The number of hydrogen-bond donors (Lipinski definition) is 1. The Morgan fingerprint density at radius 2 is 1.96 bits per heavy atom. The quantitative estimate of drug-likeness (QED) is 0.684. The van der Waals surface area contributed by atoms with Crippen molar-refractivity contribution in [3.05, 3.63) is 54.2 Å². The first kappa shape index (κ1) is 18.4. The number of ether oxygens (including phenoxy) is 2. The molecule has 7 nitrogen and oxygen atoms in total. The molecule has 3 rings (SSSR count). The number of rotatable bonds is 7. The van der Waals surface area contributed by atoms with Gasteiger partial charge in [-0.25, -0.2) is 4.39 Å². The minimum absolute atomic E-state index is 0.0836. The zero-order valence-electron chi connectivity index (χ0n) is 14.9. The van der Waals surface area contributed by atoms with Gasteiger partial charge in [0.2, 0.25) is 11.8 Å². The van der Waals surface area contributed by atoms with Crippen LogP contribution in [0, 0.1) is 5.82 Å². The number of hydrogen-bond acceptors (Lipinski definition) is 6. The monoisotopic (exact) mass is 371 g/mol. The second-order valence-corrected chi connectivity index (χ2v) is 5.60. The number of halogens is 1. The highest BCUT2D eigenvalue weighted by Gasteiger charge is 2.14. The number of nitrogens with zero attached hydrogens (tertiary/aromatic N) is 2. The average molecular weight is 371 g/mol. The van der Waals surface area contributed by atoms with Crippen LogP contribution in [0.1, 0.15) is 12.3 Å². The molecule has 0 spiro atoms. The minimum Gasteiger partial charge on any atom is -0.497 e. The van der Waals surface area contributed by atoms with Crippen molar-refractivity contribution >= 4 is 11.6 Å². The Bertz CT molecular complexity index is 942. The molecule has 0 bridgehead atoms. The van der Waals surface area contributed by atoms with Gasteiger partial charge in [0.15, 0.2) is 0 Å². The lowest BCUT2D eigenvalue weighted by molar-refractivity contribution is -0.116. The van der Waals surface area contributed by atoms with Crippen LogP contribution in [-0.2, 0) is 11.2 Å². The lowest BCUT2D eigenvalue weighted by atomic mass is 10.2. The molecule has 0 aliphatic heterocycles. The Kier molecular flexibility index (Phi) is 5.65.